The number of methoxy groups -OCH3 is 3. The van der Waals surface area contributed by atoms with E-state index >= 15 is 0 Å². The van der Waals surface area contributed by atoms with E-state index in [1.54, 1.807) is 27.5 Å². The predicted octanol–water partition coefficient (Wildman–Crippen LogP) is 4.92. The van der Waals surface area contributed by atoms with Crippen molar-refractivity contribution >= 4 is 16.6 Å². The lowest BCUT2D eigenvalue weighted by Crippen LogP contribution is -2.35. The Balaban J connectivity index is 1.79. The molecule has 0 aliphatic heterocycles. The molecular formula is C26H27N3O3. The van der Waals surface area contributed by atoms with E-state index in [-0.39, 0.29) is 0 Å². The third-order valence-corrected chi connectivity index (χ3v) is 5.50. The first kappa shape index (κ1) is 21.5. The molecule has 1 heterocycles. The molecule has 1 unspecified atom stereocenters. The minimum atomic E-state index is -0.421. The summed E-state index contributed by atoms with van der Waals surface area (Å²) < 4.78 is 16.5. The Morgan fingerprint density at radius 1 is 0.844 bits per heavy atom. The standard InChI is InChI=1S/C26H27N3O3/c1-30-22-15-18(16-23(31-2)25(22)32-3)17-29(24-13-6-7-14-28-24)26(27)21-12-8-10-19-9-4-5-11-20(19)21/h4-16,26H,17,27H2,1-3H3. The minimum Gasteiger partial charge on any atom is -0.493 e. The molecule has 0 spiro atoms. The van der Waals surface area contributed by atoms with E-state index in [9.17, 15) is 0 Å². The lowest BCUT2D eigenvalue weighted by Gasteiger charge is -2.31. The van der Waals surface area contributed by atoms with Gasteiger partial charge in [-0.25, -0.2) is 4.98 Å². The van der Waals surface area contributed by atoms with E-state index in [0.717, 1.165) is 27.7 Å². The largest absolute Gasteiger partial charge is 0.493 e. The van der Waals surface area contributed by atoms with Crippen molar-refractivity contribution in [1.82, 2.24) is 4.98 Å². The van der Waals surface area contributed by atoms with E-state index in [4.69, 9.17) is 19.9 Å². The van der Waals surface area contributed by atoms with E-state index < -0.39 is 6.17 Å². The van der Waals surface area contributed by atoms with Gasteiger partial charge in [0, 0.05) is 12.7 Å². The summed E-state index contributed by atoms with van der Waals surface area (Å²) in [6, 6.07) is 24.1. The summed E-state index contributed by atoms with van der Waals surface area (Å²) in [5.74, 6) is 2.53. The number of ether oxygens (including phenoxy) is 3. The van der Waals surface area contributed by atoms with Crippen molar-refractivity contribution in [2.45, 2.75) is 12.7 Å². The Morgan fingerprint density at radius 2 is 1.53 bits per heavy atom. The number of fused-ring (bicyclic) bond motifs is 1. The molecule has 3 aromatic carbocycles. The Hall–Kier alpha value is -3.77. The third-order valence-electron chi connectivity index (χ3n) is 5.50. The first-order valence-corrected chi connectivity index (χ1v) is 10.4. The summed E-state index contributed by atoms with van der Waals surface area (Å²) in [6.07, 6.45) is 1.35. The summed E-state index contributed by atoms with van der Waals surface area (Å²) in [7, 11) is 4.82. The molecule has 0 aliphatic rings. The van der Waals surface area contributed by atoms with Crippen LogP contribution in [0.4, 0.5) is 5.82 Å². The Bertz CT molecular complexity index is 1170. The van der Waals surface area contributed by atoms with Gasteiger partial charge >= 0.3 is 0 Å². The zero-order chi connectivity index (χ0) is 22.5. The lowest BCUT2D eigenvalue weighted by molar-refractivity contribution is 0.323. The molecule has 0 amide bonds. The molecule has 2 N–H and O–H groups in total. The second-order valence-corrected chi connectivity index (χ2v) is 7.36. The average Bonchev–Trinajstić information content (AvgIpc) is 2.86. The van der Waals surface area contributed by atoms with Crippen molar-refractivity contribution < 1.29 is 14.2 Å². The maximum Gasteiger partial charge on any atom is 0.203 e. The number of pyridine rings is 1. The van der Waals surface area contributed by atoms with Crippen LogP contribution in [0.1, 0.15) is 17.3 Å². The Kier molecular flexibility index (Phi) is 6.42. The molecule has 164 valence electrons. The van der Waals surface area contributed by atoms with Crippen molar-refractivity contribution in [2.24, 2.45) is 5.73 Å². The van der Waals surface area contributed by atoms with E-state index in [1.807, 2.05) is 48.5 Å². The number of nitrogens with zero attached hydrogens (tertiary/aromatic N) is 2. The summed E-state index contributed by atoms with van der Waals surface area (Å²) in [6.45, 7) is 0.498. The monoisotopic (exact) mass is 429 g/mol. The number of rotatable bonds is 8. The van der Waals surface area contributed by atoms with Crippen molar-refractivity contribution in [2.75, 3.05) is 26.2 Å². The molecule has 32 heavy (non-hydrogen) atoms. The fourth-order valence-electron chi connectivity index (χ4n) is 3.95. The van der Waals surface area contributed by atoms with Crippen LogP contribution in [-0.2, 0) is 6.54 Å². The maximum atomic E-state index is 6.88. The zero-order valence-electron chi connectivity index (χ0n) is 18.5. The van der Waals surface area contributed by atoms with Crippen LogP contribution in [0.25, 0.3) is 10.8 Å². The highest BCUT2D eigenvalue weighted by atomic mass is 16.5. The molecule has 0 saturated carbocycles. The SMILES string of the molecule is COc1cc(CN(c2ccccn2)C(N)c2cccc3ccccc23)cc(OC)c1OC. The molecule has 4 aromatic rings. The van der Waals surface area contributed by atoms with Crippen LogP contribution in [0.15, 0.2) is 79.0 Å². The number of anilines is 1. The molecular weight excluding hydrogens is 402 g/mol. The van der Waals surface area contributed by atoms with Crippen LogP contribution < -0.4 is 24.8 Å². The third kappa shape index (κ3) is 4.18. The van der Waals surface area contributed by atoms with Crippen LogP contribution in [0.3, 0.4) is 0 Å². The van der Waals surface area contributed by atoms with Gasteiger partial charge in [0.1, 0.15) is 12.0 Å². The van der Waals surface area contributed by atoms with Crippen LogP contribution >= 0.6 is 0 Å². The smallest absolute Gasteiger partial charge is 0.203 e. The van der Waals surface area contributed by atoms with Gasteiger partial charge in [0.2, 0.25) is 5.75 Å². The van der Waals surface area contributed by atoms with Gasteiger partial charge in [0.15, 0.2) is 11.5 Å². The fraction of sp³-hybridized carbons (Fsp3) is 0.192. The van der Waals surface area contributed by atoms with Gasteiger partial charge in [-0.2, -0.15) is 0 Å². The predicted molar refractivity (Wildman–Crippen MR) is 127 cm³/mol. The van der Waals surface area contributed by atoms with Crippen LogP contribution in [0.5, 0.6) is 17.2 Å². The number of hydrogen-bond acceptors (Lipinski definition) is 6. The summed E-state index contributed by atoms with van der Waals surface area (Å²) in [5, 5.41) is 2.27. The van der Waals surface area contributed by atoms with Crippen molar-refractivity contribution in [3.05, 3.63) is 90.1 Å². The van der Waals surface area contributed by atoms with Gasteiger partial charge in [-0.05, 0) is 46.2 Å². The van der Waals surface area contributed by atoms with Gasteiger partial charge in [-0.3, -0.25) is 0 Å². The molecule has 6 heteroatoms. The van der Waals surface area contributed by atoms with Crippen LogP contribution in [0.2, 0.25) is 0 Å². The molecule has 4 rings (SSSR count). The van der Waals surface area contributed by atoms with Gasteiger partial charge in [-0.1, -0.05) is 48.5 Å². The number of aromatic nitrogens is 1. The first-order chi connectivity index (χ1) is 15.7. The van der Waals surface area contributed by atoms with E-state index in [2.05, 4.69) is 34.1 Å². The molecule has 0 saturated heterocycles. The molecule has 0 fully saturated rings. The Labute approximate surface area is 188 Å². The van der Waals surface area contributed by atoms with Crippen molar-refractivity contribution in [1.29, 1.82) is 0 Å². The highest BCUT2D eigenvalue weighted by Crippen LogP contribution is 2.39. The Morgan fingerprint density at radius 3 is 2.19 bits per heavy atom. The van der Waals surface area contributed by atoms with Gasteiger partial charge in [0.05, 0.1) is 21.3 Å². The lowest BCUT2D eigenvalue weighted by atomic mass is 10.0. The van der Waals surface area contributed by atoms with Crippen molar-refractivity contribution in [3.8, 4) is 17.2 Å². The molecule has 1 aromatic heterocycles. The fourth-order valence-corrected chi connectivity index (χ4v) is 3.95. The normalized spacial score (nSPS) is 11.8. The molecule has 1 atom stereocenters. The summed E-state index contributed by atoms with van der Waals surface area (Å²) in [4.78, 5) is 6.65. The molecule has 6 nitrogen and oxygen atoms in total. The second kappa shape index (κ2) is 9.58. The number of benzene rings is 3. The quantitative estimate of drug-likeness (QED) is 0.401. The minimum absolute atomic E-state index is 0.421. The highest BCUT2D eigenvalue weighted by molar-refractivity contribution is 5.86. The van der Waals surface area contributed by atoms with Crippen LogP contribution in [0, 0.1) is 0 Å². The maximum absolute atomic E-state index is 6.88. The van der Waals surface area contributed by atoms with E-state index in [1.165, 1.54) is 0 Å². The van der Waals surface area contributed by atoms with Crippen LogP contribution in [-0.4, -0.2) is 26.3 Å². The van der Waals surface area contributed by atoms with E-state index in [0.29, 0.717) is 23.8 Å². The average molecular weight is 430 g/mol. The van der Waals surface area contributed by atoms with Gasteiger partial charge < -0.3 is 24.8 Å². The summed E-state index contributed by atoms with van der Waals surface area (Å²) >= 11 is 0. The molecule has 0 bridgehead atoms. The zero-order valence-corrected chi connectivity index (χ0v) is 18.5. The topological polar surface area (TPSA) is 69.8 Å². The molecule has 0 aliphatic carbocycles. The first-order valence-electron chi connectivity index (χ1n) is 10.4. The second-order valence-electron chi connectivity index (χ2n) is 7.36. The number of nitrogens with two attached hydrogens (primary N) is 1. The molecule has 0 radical (unpaired) electrons. The summed E-state index contributed by atoms with van der Waals surface area (Å²) in [5.41, 5.74) is 8.87. The highest BCUT2D eigenvalue weighted by Gasteiger charge is 2.22. The van der Waals surface area contributed by atoms with Crippen molar-refractivity contribution in [3.63, 3.8) is 0 Å². The van der Waals surface area contributed by atoms with Gasteiger partial charge in [0.25, 0.3) is 0 Å². The van der Waals surface area contributed by atoms with Gasteiger partial charge in [-0.15, -0.1) is 0 Å². The number of hydrogen-bond donors (Lipinski definition) is 1.